The Kier molecular flexibility index (Phi) is 3.18. The number of hydrogen-bond acceptors (Lipinski definition) is 1. The van der Waals surface area contributed by atoms with Crippen LogP contribution in [0.15, 0.2) is 63.7 Å². The van der Waals surface area contributed by atoms with Gasteiger partial charge in [-0.3, -0.25) is 4.98 Å². The average Bonchev–Trinajstić information content (AvgIpc) is 2.38. The number of aromatic nitrogens is 1. The molecule has 18 heavy (non-hydrogen) atoms. The van der Waals surface area contributed by atoms with Crippen molar-refractivity contribution < 1.29 is 0 Å². The fourth-order valence-electron chi connectivity index (χ4n) is 1.90. The second-order valence-corrected chi connectivity index (χ2v) is 5.90. The zero-order valence-electron chi connectivity index (χ0n) is 9.40. The minimum atomic E-state index is 1.01. The molecule has 0 radical (unpaired) electrons. The number of fused-ring (bicyclic) bond motifs is 1. The Morgan fingerprint density at radius 2 is 1.44 bits per heavy atom. The number of rotatable bonds is 1. The van der Waals surface area contributed by atoms with E-state index in [1.165, 1.54) is 5.56 Å². The first-order valence-electron chi connectivity index (χ1n) is 5.54. The molecule has 0 atom stereocenters. The SMILES string of the molecule is Brc1ccc(-c2cnc3ccc(Br)cc3c2)cc1. The van der Waals surface area contributed by atoms with Gasteiger partial charge in [0.2, 0.25) is 0 Å². The van der Waals surface area contributed by atoms with Crippen molar-refractivity contribution in [3.05, 3.63) is 63.7 Å². The van der Waals surface area contributed by atoms with Crippen LogP contribution in [0.3, 0.4) is 0 Å². The first-order valence-corrected chi connectivity index (χ1v) is 7.12. The van der Waals surface area contributed by atoms with Crippen LogP contribution >= 0.6 is 31.9 Å². The Bertz CT molecular complexity index is 705. The van der Waals surface area contributed by atoms with E-state index in [1.807, 2.05) is 30.5 Å². The normalized spacial score (nSPS) is 10.8. The van der Waals surface area contributed by atoms with E-state index in [4.69, 9.17) is 0 Å². The average molecular weight is 363 g/mol. The molecule has 1 nitrogen and oxygen atoms in total. The maximum Gasteiger partial charge on any atom is 0.0703 e. The molecule has 0 amide bonds. The number of nitrogens with zero attached hydrogens (tertiary/aromatic N) is 1. The third-order valence-corrected chi connectivity index (χ3v) is 3.84. The van der Waals surface area contributed by atoms with Gasteiger partial charge in [0, 0.05) is 26.1 Å². The molecule has 0 saturated heterocycles. The van der Waals surface area contributed by atoms with Crippen molar-refractivity contribution >= 4 is 42.8 Å². The van der Waals surface area contributed by atoms with Gasteiger partial charge >= 0.3 is 0 Å². The second kappa shape index (κ2) is 4.82. The van der Waals surface area contributed by atoms with E-state index >= 15 is 0 Å². The summed E-state index contributed by atoms with van der Waals surface area (Å²) in [5.74, 6) is 0. The quantitative estimate of drug-likeness (QED) is 0.562. The maximum absolute atomic E-state index is 4.49. The first kappa shape index (κ1) is 11.9. The Labute approximate surface area is 122 Å². The van der Waals surface area contributed by atoms with E-state index < -0.39 is 0 Å². The highest BCUT2D eigenvalue weighted by Gasteiger charge is 2.01. The number of halogens is 2. The fraction of sp³-hybridized carbons (Fsp3) is 0. The third-order valence-electron chi connectivity index (χ3n) is 2.82. The fourth-order valence-corrected chi connectivity index (χ4v) is 2.55. The summed E-state index contributed by atoms with van der Waals surface area (Å²) < 4.78 is 2.16. The largest absolute Gasteiger partial charge is 0.256 e. The standard InChI is InChI=1S/C15H9Br2N/c16-13-3-1-10(2-4-13)12-7-11-8-14(17)5-6-15(11)18-9-12/h1-9H. The third kappa shape index (κ3) is 2.33. The molecule has 1 aromatic heterocycles. The van der Waals surface area contributed by atoms with Crippen molar-refractivity contribution in [2.24, 2.45) is 0 Å². The lowest BCUT2D eigenvalue weighted by Crippen LogP contribution is -1.83. The van der Waals surface area contributed by atoms with Crippen molar-refractivity contribution in [1.29, 1.82) is 0 Å². The Morgan fingerprint density at radius 1 is 0.722 bits per heavy atom. The van der Waals surface area contributed by atoms with E-state index in [1.54, 1.807) is 0 Å². The van der Waals surface area contributed by atoms with E-state index in [9.17, 15) is 0 Å². The summed E-state index contributed by atoms with van der Waals surface area (Å²) in [4.78, 5) is 4.49. The molecule has 3 aromatic rings. The number of pyridine rings is 1. The maximum atomic E-state index is 4.49. The van der Waals surface area contributed by atoms with Crippen LogP contribution < -0.4 is 0 Å². The Balaban J connectivity index is 2.15. The topological polar surface area (TPSA) is 12.9 Å². The summed E-state index contributed by atoms with van der Waals surface area (Å²) in [5, 5.41) is 1.14. The van der Waals surface area contributed by atoms with Crippen LogP contribution in [0.2, 0.25) is 0 Å². The molecule has 0 N–H and O–H groups in total. The van der Waals surface area contributed by atoms with E-state index in [0.717, 1.165) is 25.4 Å². The molecule has 88 valence electrons. The van der Waals surface area contributed by atoms with Crippen molar-refractivity contribution in [3.8, 4) is 11.1 Å². The molecule has 3 rings (SSSR count). The van der Waals surface area contributed by atoms with Gasteiger partial charge in [-0.05, 0) is 42.0 Å². The monoisotopic (exact) mass is 361 g/mol. The highest BCUT2D eigenvalue weighted by atomic mass is 79.9. The summed E-state index contributed by atoms with van der Waals surface area (Å²) in [5.41, 5.74) is 3.32. The van der Waals surface area contributed by atoms with Crippen LogP contribution in [0.4, 0.5) is 0 Å². The van der Waals surface area contributed by atoms with Crippen LogP contribution in [-0.4, -0.2) is 4.98 Å². The van der Waals surface area contributed by atoms with Gasteiger partial charge in [-0.25, -0.2) is 0 Å². The molecule has 0 aliphatic heterocycles. The van der Waals surface area contributed by atoms with Crippen LogP contribution in [0.25, 0.3) is 22.0 Å². The van der Waals surface area contributed by atoms with E-state index in [0.29, 0.717) is 0 Å². The molecule has 1 heterocycles. The summed E-state index contributed by atoms with van der Waals surface area (Å²) in [6.07, 6.45) is 1.92. The van der Waals surface area contributed by atoms with Crippen molar-refractivity contribution in [2.75, 3.05) is 0 Å². The zero-order chi connectivity index (χ0) is 12.5. The van der Waals surface area contributed by atoms with Gasteiger partial charge in [0.25, 0.3) is 0 Å². The van der Waals surface area contributed by atoms with Gasteiger partial charge in [-0.2, -0.15) is 0 Å². The van der Waals surface area contributed by atoms with Crippen LogP contribution in [-0.2, 0) is 0 Å². The molecule has 0 aliphatic carbocycles. The van der Waals surface area contributed by atoms with Crippen LogP contribution in [0, 0.1) is 0 Å². The highest BCUT2D eigenvalue weighted by Crippen LogP contribution is 2.25. The lowest BCUT2D eigenvalue weighted by molar-refractivity contribution is 1.40. The molecule has 0 saturated carbocycles. The smallest absolute Gasteiger partial charge is 0.0703 e. The summed E-state index contributed by atoms with van der Waals surface area (Å²) in [6.45, 7) is 0. The van der Waals surface area contributed by atoms with Crippen LogP contribution in [0.1, 0.15) is 0 Å². The molecular weight excluding hydrogens is 354 g/mol. The molecule has 0 unspecified atom stereocenters. The predicted molar refractivity (Wildman–Crippen MR) is 82.6 cm³/mol. The Hall–Kier alpha value is -1.19. The van der Waals surface area contributed by atoms with Crippen molar-refractivity contribution in [3.63, 3.8) is 0 Å². The zero-order valence-corrected chi connectivity index (χ0v) is 12.6. The minimum Gasteiger partial charge on any atom is -0.256 e. The minimum absolute atomic E-state index is 1.01. The molecule has 3 heteroatoms. The van der Waals surface area contributed by atoms with Gasteiger partial charge in [0.15, 0.2) is 0 Å². The lowest BCUT2D eigenvalue weighted by Gasteiger charge is -2.04. The van der Waals surface area contributed by atoms with E-state index in [2.05, 4.69) is 61.1 Å². The van der Waals surface area contributed by atoms with Crippen molar-refractivity contribution in [1.82, 2.24) is 4.98 Å². The summed E-state index contributed by atoms with van der Waals surface area (Å²) >= 11 is 6.93. The van der Waals surface area contributed by atoms with Gasteiger partial charge in [-0.1, -0.05) is 44.0 Å². The van der Waals surface area contributed by atoms with E-state index in [-0.39, 0.29) is 0 Å². The molecule has 0 aliphatic rings. The summed E-state index contributed by atoms with van der Waals surface area (Å²) in [6, 6.07) is 16.5. The molecule has 0 bridgehead atoms. The summed E-state index contributed by atoms with van der Waals surface area (Å²) in [7, 11) is 0. The second-order valence-electron chi connectivity index (χ2n) is 4.07. The number of hydrogen-bond donors (Lipinski definition) is 0. The Morgan fingerprint density at radius 3 is 2.22 bits per heavy atom. The lowest BCUT2D eigenvalue weighted by atomic mass is 10.1. The molecular formula is C15H9Br2N. The van der Waals surface area contributed by atoms with Gasteiger partial charge < -0.3 is 0 Å². The predicted octanol–water partition coefficient (Wildman–Crippen LogP) is 5.43. The van der Waals surface area contributed by atoms with Gasteiger partial charge in [0.1, 0.15) is 0 Å². The van der Waals surface area contributed by atoms with Crippen molar-refractivity contribution in [2.45, 2.75) is 0 Å². The molecule has 0 fully saturated rings. The highest BCUT2D eigenvalue weighted by molar-refractivity contribution is 9.10. The number of benzene rings is 2. The molecule has 0 spiro atoms. The van der Waals surface area contributed by atoms with Gasteiger partial charge in [0.05, 0.1) is 5.52 Å². The molecule has 2 aromatic carbocycles. The van der Waals surface area contributed by atoms with Gasteiger partial charge in [-0.15, -0.1) is 0 Å². The first-order chi connectivity index (χ1) is 8.72. The van der Waals surface area contributed by atoms with Crippen LogP contribution in [0.5, 0.6) is 0 Å².